The summed E-state index contributed by atoms with van der Waals surface area (Å²) >= 11 is 0. The van der Waals surface area contributed by atoms with Crippen molar-refractivity contribution in [1.29, 1.82) is 0 Å². The Balaban J connectivity index is 3.11. The van der Waals surface area contributed by atoms with E-state index in [-0.39, 0.29) is 60.0 Å². The quantitative estimate of drug-likeness (QED) is 0.234. The van der Waals surface area contributed by atoms with Gasteiger partial charge in [-0.15, -0.1) is 0 Å². The Morgan fingerprint density at radius 2 is 1.40 bits per heavy atom. The van der Waals surface area contributed by atoms with Crippen molar-refractivity contribution in [3.8, 4) is 11.5 Å². The third-order valence-electron chi connectivity index (χ3n) is 5.82. The molecule has 1 rings (SSSR count). The maximum Gasteiger partial charge on any atom is 0.323 e. The molecule has 1 aromatic rings. The topological polar surface area (TPSA) is 117 Å². The van der Waals surface area contributed by atoms with Gasteiger partial charge in [-0.05, 0) is 48.3 Å². The molecule has 0 radical (unpaired) electrons. The van der Waals surface area contributed by atoms with Crippen molar-refractivity contribution in [2.45, 2.75) is 107 Å². The number of methoxy groups -OCH3 is 1. The second-order valence-corrected chi connectivity index (χ2v) is 12.8. The van der Waals surface area contributed by atoms with E-state index in [1.165, 1.54) is 7.11 Å². The number of benzene rings is 1. The van der Waals surface area contributed by atoms with Crippen LogP contribution in [0.5, 0.6) is 11.5 Å². The summed E-state index contributed by atoms with van der Waals surface area (Å²) in [5.74, 6) is -1.64. The van der Waals surface area contributed by atoms with Crippen LogP contribution < -0.4 is 14.8 Å². The van der Waals surface area contributed by atoms with Gasteiger partial charge in [0.15, 0.2) is 11.5 Å². The van der Waals surface area contributed by atoms with Gasteiger partial charge in [0, 0.05) is 6.54 Å². The Labute approximate surface area is 239 Å². The summed E-state index contributed by atoms with van der Waals surface area (Å²) < 4.78 is 21.7. The van der Waals surface area contributed by atoms with E-state index in [1.54, 1.807) is 25.1 Å². The molecule has 1 N–H and O–H groups in total. The van der Waals surface area contributed by atoms with Gasteiger partial charge in [-0.25, -0.2) is 0 Å². The molecule has 9 heteroatoms. The molecule has 0 bridgehead atoms. The Morgan fingerprint density at radius 3 is 1.90 bits per heavy atom. The predicted octanol–water partition coefficient (Wildman–Crippen LogP) is 5.41. The number of hydrogen-bond acceptors (Lipinski definition) is 9. The minimum Gasteiger partial charge on any atom is -0.468 e. The van der Waals surface area contributed by atoms with E-state index in [2.05, 4.69) is 5.32 Å². The van der Waals surface area contributed by atoms with Crippen molar-refractivity contribution in [2.75, 3.05) is 13.7 Å². The summed E-state index contributed by atoms with van der Waals surface area (Å²) in [4.78, 5) is 50.0. The fourth-order valence-electron chi connectivity index (χ4n) is 3.86. The van der Waals surface area contributed by atoms with Crippen molar-refractivity contribution in [2.24, 2.45) is 16.7 Å². The standard InChI is InChI=1S/C31H49NO8/c1-11-12-20(2)28(35)38-21(3)19-32-23(29(36)37-10)15-22-13-14-24(39-26(33)17-30(4,5)6)25(16-22)40-27(34)18-31(7,8)9/h13-14,16,20-21,23,32H,11-12,15,17-19H2,1-10H3/t20?,21?,23-/m0/s1. The molecule has 0 spiro atoms. The largest absolute Gasteiger partial charge is 0.468 e. The van der Waals surface area contributed by atoms with Crippen LogP contribution in [0.4, 0.5) is 0 Å². The summed E-state index contributed by atoms with van der Waals surface area (Å²) in [6.45, 7) is 17.4. The molecule has 0 aliphatic heterocycles. The molecule has 1 aromatic carbocycles. The highest BCUT2D eigenvalue weighted by atomic mass is 16.6. The third kappa shape index (κ3) is 13.9. The fraction of sp³-hybridized carbons (Fsp3) is 0.677. The first-order chi connectivity index (χ1) is 18.4. The highest BCUT2D eigenvalue weighted by molar-refractivity contribution is 5.78. The first kappa shape index (κ1) is 35.1. The molecular weight excluding hydrogens is 514 g/mol. The van der Waals surface area contributed by atoms with Crippen molar-refractivity contribution < 1.29 is 38.1 Å². The average Bonchev–Trinajstić information content (AvgIpc) is 2.80. The zero-order chi connectivity index (χ0) is 30.7. The van der Waals surface area contributed by atoms with Crippen molar-refractivity contribution >= 4 is 23.9 Å². The first-order valence-electron chi connectivity index (χ1n) is 14.0. The molecule has 0 aliphatic rings. The normalized spacial score (nSPS) is 14.1. The van der Waals surface area contributed by atoms with E-state index in [1.807, 2.05) is 55.4 Å². The number of carbonyl (C=O) groups is 4. The van der Waals surface area contributed by atoms with Crippen LogP contribution in [0, 0.1) is 16.7 Å². The monoisotopic (exact) mass is 563 g/mol. The van der Waals surface area contributed by atoms with Crippen molar-refractivity contribution in [3.63, 3.8) is 0 Å². The predicted molar refractivity (Wildman–Crippen MR) is 153 cm³/mol. The van der Waals surface area contributed by atoms with Gasteiger partial charge in [0.1, 0.15) is 12.1 Å². The third-order valence-corrected chi connectivity index (χ3v) is 5.82. The van der Waals surface area contributed by atoms with Gasteiger partial charge in [-0.1, -0.05) is 67.9 Å². The molecule has 0 aromatic heterocycles. The van der Waals surface area contributed by atoms with Crippen LogP contribution in [-0.2, 0) is 35.1 Å². The van der Waals surface area contributed by atoms with E-state index in [0.717, 1.165) is 12.8 Å². The Morgan fingerprint density at radius 1 is 0.850 bits per heavy atom. The Bertz CT molecular complexity index is 1010. The van der Waals surface area contributed by atoms with Gasteiger partial charge < -0.3 is 24.3 Å². The molecule has 0 heterocycles. The van der Waals surface area contributed by atoms with Crippen LogP contribution >= 0.6 is 0 Å². The average molecular weight is 564 g/mol. The molecule has 226 valence electrons. The van der Waals surface area contributed by atoms with E-state index in [0.29, 0.717) is 5.56 Å². The number of hydrogen-bond donors (Lipinski definition) is 1. The summed E-state index contributed by atoms with van der Waals surface area (Å²) in [6.07, 6.45) is 1.70. The van der Waals surface area contributed by atoms with Gasteiger partial charge >= 0.3 is 23.9 Å². The van der Waals surface area contributed by atoms with Gasteiger partial charge in [0.2, 0.25) is 0 Å². The zero-order valence-corrected chi connectivity index (χ0v) is 26.0. The maximum atomic E-state index is 12.6. The molecule has 0 saturated heterocycles. The van der Waals surface area contributed by atoms with Crippen molar-refractivity contribution in [1.82, 2.24) is 5.32 Å². The lowest BCUT2D eigenvalue weighted by Gasteiger charge is -2.22. The van der Waals surface area contributed by atoms with Crippen LogP contribution in [0.3, 0.4) is 0 Å². The lowest BCUT2D eigenvalue weighted by atomic mass is 9.92. The number of ether oxygens (including phenoxy) is 4. The Hall–Kier alpha value is -2.94. The second kappa shape index (κ2) is 15.7. The van der Waals surface area contributed by atoms with Crippen LogP contribution in [0.25, 0.3) is 0 Å². The van der Waals surface area contributed by atoms with E-state index in [9.17, 15) is 19.2 Å². The first-order valence-corrected chi connectivity index (χ1v) is 14.0. The number of nitrogens with one attached hydrogen (secondary N) is 1. The smallest absolute Gasteiger partial charge is 0.323 e. The molecule has 9 nitrogen and oxygen atoms in total. The summed E-state index contributed by atoms with van der Waals surface area (Å²) in [6, 6.07) is 4.09. The minimum atomic E-state index is -0.758. The SMILES string of the molecule is CCCC(C)C(=O)OC(C)CN[C@@H](Cc1ccc(OC(=O)CC(C)(C)C)c(OC(=O)CC(C)(C)C)c1)C(=O)OC. The molecule has 0 aliphatic carbocycles. The van der Waals surface area contributed by atoms with Gasteiger partial charge in [0.05, 0.1) is 25.9 Å². The number of esters is 4. The van der Waals surface area contributed by atoms with Crippen molar-refractivity contribution in [3.05, 3.63) is 23.8 Å². The van der Waals surface area contributed by atoms with Crippen LogP contribution in [-0.4, -0.2) is 49.7 Å². The highest BCUT2D eigenvalue weighted by Gasteiger charge is 2.25. The molecule has 3 atom stereocenters. The summed E-state index contributed by atoms with van der Waals surface area (Å²) in [5.41, 5.74) is 0.0730. The molecule has 40 heavy (non-hydrogen) atoms. The van der Waals surface area contributed by atoms with Gasteiger partial charge in [0.25, 0.3) is 0 Å². The lowest BCUT2D eigenvalue weighted by Crippen LogP contribution is -2.43. The second-order valence-electron chi connectivity index (χ2n) is 12.8. The minimum absolute atomic E-state index is 0.102. The molecule has 0 amide bonds. The van der Waals surface area contributed by atoms with E-state index < -0.39 is 30.1 Å². The molecule has 2 unspecified atom stereocenters. The van der Waals surface area contributed by atoms with Crippen LogP contribution in [0.2, 0.25) is 0 Å². The maximum absolute atomic E-state index is 12.6. The fourth-order valence-corrected chi connectivity index (χ4v) is 3.86. The molecule has 0 saturated carbocycles. The zero-order valence-electron chi connectivity index (χ0n) is 26.0. The molecule has 0 fully saturated rings. The van der Waals surface area contributed by atoms with Gasteiger partial charge in [-0.3, -0.25) is 19.2 Å². The number of rotatable bonds is 14. The lowest BCUT2D eigenvalue weighted by molar-refractivity contribution is -0.152. The summed E-state index contributed by atoms with van der Waals surface area (Å²) in [5, 5.41) is 3.11. The van der Waals surface area contributed by atoms with Crippen LogP contribution in [0.15, 0.2) is 18.2 Å². The van der Waals surface area contributed by atoms with E-state index in [4.69, 9.17) is 18.9 Å². The van der Waals surface area contributed by atoms with E-state index >= 15 is 0 Å². The molecular formula is C31H49NO8. The van der Waals surface area contributed by atoms with Gasteiger partial charge in [-0.2, -0.15) is 0 Å². The number of carbonyl (C=O) groups excluding carboxylic acids is 4. The van der Waals surface area contributed by atoms with Crippen LogP contribution in [0.1, 0.15) is 93.6 Å². The highest BCUT2D eigenvalue weighted by Crippen LogP contribution is 2.32. The summed E-state index contributed by atoms with van der Waals surface area (Å²) in [7, 11) is 1.30. The Kier molecular flexibility index (Phi) is 13.8.